The van der Waals surface area contributed by atoms with Gasteiger partial charge in [0.1, 0.15) is 0 Å². The van der Waals surface area contributed by atoms with Gasteiger partial charge in [0.25, 0.3) is 0 Å². The predicted octanol–water partition coefficient (Wildman–Crippen LogP) is 3.01. The molecule has 17 heavy (non-hydrogen) atoms. The van der Waals surface area contributed by atoms with Crippen LogP contribution in [0.4, 0.5) is 0 Å². The summed E-state index contributed by atoms with van der Waals surface area (Å²) >= 11 is 0. The quantitative estimate of drug-likeness (QED) is 0.798. The van der Waals surface area contributed by atoms with E-state index in [4.69, 9.17) is 5.73 Å². The topological polar surface area (TPSA) is 29.3 Å². The molecule has 100 valence electrons. The first-order chi connectivity index (χ1) is 8.02. The van der Waals surface area contributed by atoms with Crippen LogP contribution in [0.15, 0.2) is 0 Å². The molecule has 2 N–H and O–H groups in total. The Balaban J connectivity index is 1.90. The van der Waals surface area contributed by atoms with Gasteiger partial charge in [-0.15, -0.1) is 0 Å². The molecular formula is C15H30N2. The van der Waals surface area contributed by atoms with Crippen LogP contribution in [0.3, 0.4) is 0 Å². The normalized spacial score (nSPS) is 33.0. The van der Waals surface area contributed by atoms with Crippen LogP contribution in [0.2, 0.25) is 0 Å². The summed E-state index contributed by atoms with van der Waals surface area (Å²) in [6, 6.07) is 1.34. The highest BCUT2D eigenvalue weighted by Crippen LogP contribution is 2.39. The van der Waals surface area contributed by atoms with Crippen molar-refractivity contribution in [3.63, 3.8) is 0 Å². The molecule has 0 aromatic heterocycles. The molecule has 0 heterocycles. The molecule has 0 aromatic rings. The van der Waals surface area contributed by atoms with Crippen LogP contribution in [0.5, 0.6) is 0 Å². The van der Waals surface area contributed by atoms with E-state index in [2.05, 4.69) is 25.7 Å². The molecule has 2 aliphatic rings. The fraction of sp³-hybridized carbons (Fsp3) is 1.00. The van der Waals surface area contributed by atoms with Crippen LogP contribution < -0.4 is 5.73 Å². The number of nitrogens with two attached hydrogens (primary N) is 1. The molecule has 0 radical (unpaired) electrons. The first-order valence-electron chi connectivity index (χ1n) is 7.51. The Hall–Kier alpha value is -0.0800. The van der Waals surface area contributed by atoms with Crippen molar-refractivity contribution in [1.82, 2.24) is 4.90 Å². The number of rotatable bonds is 5. The Kier molecular flexibility index (Phi) is 4.14. The molecule has 0 aromatic carbocycles. The van der Waals surface area contributed by atoms with Crippen molar-refractivity contribution in [2.75, 3.05) is 13.1 Å². The van der Waals surface area contributed by atoms with Crippen LogP contribution in [-0.2, 0) is 0 Å². The van der Waals surface area contributed by atoms with Crippen molar-refractivity contribution in [1.29, 1.82) is 0 Å². The Bertz CT molecular complexity index is 245. The highest BCUT2D eigenvalue weighted by molar-refractivity contribution is 4.92. The molecule has 2 rings (SSSR count). The fourth-order valence-corrected chi connectivity index (χ4v) is 3.41. The van der Waals surface area contributed by atoms with Crippen LogP contribution in [0.1, 0.15) is 59.3 Å². The summed E-state index contributed by atoms with van der Waals surface area (Å²) in [4.78, 5) is 2.71. The van der Waals surface area contributed by atoms with E-state index < -0.39 is 0 Å². The van der Waals surface area contributed by atoms with Gasteiger partial charge >= 0.3 is 0 Å². The summed E-state index contributed by atoms with van der Waals surface area (Å²) in [6.45, 7) is 9.64. The molecule has 2 heteroatoms. The van der Waals surface area contributed by atoms with Crippen LogP contribution in [-0.4, -0.2) is 30.1 Å². The van der Waals surface area contributed by atoms with Crippen molar-refractivity contribution in [2.24, 2.45) is 17.1 Å². The largest absolute Gasteiger partial charge is 0.327 e. The maximum atomic E-state index is 6.34. The second kappa shape index (κ2) is 5.27. The summed E-state index contributed by atoms with van der Waals surface area (Å²) in [5, 5.41) is 0. The first-order valence-corrected chi connectivity index (χ1v) is 7.51. The van der Waals surface area contributed by atoms with Crippen molar-refractivity contribution in [3.8, 4) is 0 Å². The molecule has 2 unspecified atom stereocenters. The lowest BCUT2D eigenvalue weighted by molar-refractivity contribution is 0.111. The van der Waals surface area contributed by atoms with E-state index in [9.17, 15) is 0 Å². The third-order valence-electron chi connectivity index (χ3n) is 4.62. The van der Waals surface area contributed by atoms with Gasteiger partial charge in [-0.2, -0.15) is 0 Å². The second-order valence-corrected chi connectivity index (χ2v) is 7.06. The van der Waals surface area contributed by atoms with E-state index in [0.29, 0.717) is 11.5 Å². The smallest absolute Gasteiger partial charge is 0.00965 e. The minimum Gasteiger partial charge on any atom is -0.327 e. The van der Waals surface area contributed by atoms with Crippen molar-refractivity contribution >= 4 is 0 Å². The zero-order valence-corrected chi connectivity index (χ0v) is 11.9. The lowest BCUT2D eigenvalue weighted by atomic mass is 9.70. The summed E-state index contributed by atoms with van der Waals surface area (Å²) in [5.74, 6) is 0.728. The molecule has 0 amide bonds. The average molecular weight is 238 g/mol. The third-order valence-corrected chi connectivity index (χ3v) is 4.62. The third kappa shape index (κ3) is 3.69. The minimum atomic E-state index is 0.445. The summed E-state index contributed by atoms with van der Waals surface area (Å²) < 4.78 is 0. The van der Waals surface area contributed by atoms with E-state index in [1.165, 1.54) is 51.6 Å². The van der Waals surface area contributed by atoms with Gasteiger partial charge in [-0.3, -0.25) is 0 Å². The molecular weight excluding hydrogens is 208 g/mol. The van der Waals surface area contributed by atoms with Crippen LogP contribution >= 0.6 is 0 Å². The van der Waals surface area contributed by atoms with Gasteiger partial charge in [-0.1, -0.05) is 20.8 Å². The zero-order valence-electron chi connectivity index (χ0n) is 11.9. The summed E-state index contributed by atoms with van der Waals surface area (Å²) in [7, 11) is 0. The van der Waals surface area contributed by atoms with Crippen LogP contribution in [0, 0.1) is 11.3 Å². The standard InChI is InChI=1S/C15H30N2/c1-4-9-17(13-5-6-13)11-12-10-15(2,3)8-7-14(12)16/h12-14H,4-11,16H2,1-3H3. The predicted molar refractivity (Wildman–Crippen MR) is 74.0 cm³/mol. The van der Waals surface area contributed by atoms with Gasteiger partial charge in [-0.05, 0) is 56.4 Å². The van der Waals surface area contributed by atoms with Gasteiger partial charge < -0.3 is 10.6 Å². The highest BCUT2D eigenvalue weighted by Gasteiger charge is 2.36. The highest BCUT2D eigenvalue weighted by atomic mass is 15.2. The van der Waals surface area contributed by atoms with E-state index in [-0.39, 0.29) is 0 Å². The fourth-order valence-electron chi connectivity index (χ4n) is 3.41. The Morgan fingerprint density at radius 2 is 1.94 bits per heavy atom. The van der Waals surface area contributed by atoms with E-state index >= 15 is 0 Å². The lowest BCUT2D eigenvalue weighted by Crippen LogP contribution is -2.45. The first kappa shape index (κ1) is 13.4. The molecule has 2 saturated carbocycles. The minimum absolute atomic E-state index is 0.445. The Labute approximate surface area is 107 Å². The van der Waals surface area contributed by atoms with E-state index in [0.717, 1.165) is 12.0 Å². The molecule has 0 saturated heterocycles. The zero-order chi connectivity index (χ0) is 12.5. The molecule has 2 nitrogen and oxygen atoms in total. The average Bonchev–Trinajstić information content (AvgIpc) is 3.06. The van der Waals surface area contributed by atoms with Gasteiger partial charge in [0.15, 0.2) is 0 Å². The second-order valence-electron chi connectivity index (χ2n) is 7.06. The maximum absolute atomic E-state index is 6.34. The Morgan fingerprint density at radius 1 is 1.24 bits per heavy atom. The Morgan fingerprint density at radius 3 is 2.53 bits per heavy atom. The number of nitrogens with zero attached hydrogens (tertiary/aromatic N) is 1. The van der Waals surface area contributed by atoms with Gasteiger partial charge in [0.2, 0.25) is 0 Å². The number of hydrogen-bond acceptors (Lipinski definition) is 2. The van der Waals surface area contributed by atoms with E-state index in [1.54, 1.807) is 0 Å². The van der Waals surface area contributed by atoms with Crippen molar-refractivity contribution in [2.45, 2.75) is 71.4 Å². The van der Waals surface area contributed by atoms with Gasteiger partial charge in [-0.25, -0.2) is 0 Å². The molecule has 2 fully saturated rings. The monoisotopic (exact) mass is 238 g/mol. The van der Waals surface area contributed by atoms with E-state index in [1.807, 2.05) is 0 Å². The summed E-state index contributed by atoms with van der Waals surface area (Å²) in [5.41, 5.74) is 6.85. The van der Waals surface area contributed by atoms with Crippen molar-refractivity contribution < 1.29 is 0 Å². The molecule has 2 atom stereocenters. The van der Waals surface area contributed by atoms with Gasteiger partial charge in [0.05, 0.1) is 0 Å². The summed E-state index contributed by atoms with van der Waals surface area (Å²) in [6.07, 6.45) is 7.98. The van der Waals surface area contributed by atoms with Crippen molar-refractivity contribution in [3.05, 3.63) is 0 Å². The molecule has 2 aliphatic carbocycles. The van der Waals surface area contributed by atoms with Gasteiger partial charge in [0, 0.05) is 18.6 Å². The number of hydrogen-bond donors (Lipinski definition) is 1. The molecule has 0 bridgehead atoms. The molecule has 0 aliphatic heterocycles. The molecule has 0 spiro atoms. The van der Waals surface area contributed by atoms with Crippen LogP contribution in [0.25, 0.3) is 0 Å². The lowest BCUT2D eigenvalue weighted by Gasteiger charge is -2.41. The maximum Gasteiger partial charge on any atom is 0.00965 e. The SMILES string of the molecule is CCCN(CC1CC(C)(C)CCC1N)C1CC1.